The molecule has 1 N–H and O–H groups in total. The molecule has 2 rings (SSSR count). The van der Waals surface area contributed by atoms with Crippen molar-refractivity contribution in [2.45, 2.75) is 64.1 Å². The highest BCUT2D eigenvalue weighted by Crippen LogP contribution is 2.33. The molecule has 0 radical (unpaired) electrons. The SMILES string of the molecule is CCNC1(C(=O)OCC)CCCC(N2CCOC(C)C2)C1. The molecule has 1 aliphatic heterocycles. The lowest BCUT2D eigenvalue weighted by Crippen LogP contribution is -2.60. The molecule has 2 fully saturated rings. The van der Waals surface area contributed by atoms with Crippen molar-refractivity contribution >= 4 is 5.97 Å². The van der Waals surface area contributed by atoms with E-state index < -0.39 is 5.54 Å². The predicted octanol–water partition coefficient (Wildman–Crippen LogP) is 1.56. The smallest absolute Gasteiger partial charge is 0.326 e. The van der Waals surface area contributed by atoms with Gasteiger partial charge in [0.15, 0.2) is 0 Å². The van der Waals surface area contributed by atoms with E-state index >= 15 is 0 Å². The molecule has 0 bridgehead atoms. The monoisotopic (exact) mass is 298 g/mol. The summed E-state index contributed by atoms with van der Waals surface area (Å²) in [6.45, 7) is 10.0. The van der Waals surface area contributed by atoms with E-state index in [1.54, 1.807) is 0 Å². The van der Waals surface area contributed by atoms with Crippen LogP contribution in [0.5, 0.6) is 0 Å². The average molecular weight is 298 g/mol. The van der Waals surface area contributed by atoms with Gasteiger partial charge in [0.05, 0.1) is 19.3 Å². The summed E-state index contributed by atoms with van der Waals surface area (Å²) >= 11 is 0. The Morgan fingerprint density at radius 2 is 2.29 bits per heavy atom. The summed E-state index contributed by atoms with van der Waals surface area (Å²) in [5.41, 5.74) is -0.491. The fraction of sp³-hybridized carbons (Fsp3) is 0.938. The first-order valence-corrected chi connectivity index (χ1v) is 8.39. The van der Waals surface area contributed by atoms with Crippen LogP contribution in [0.2, 0.25) is 0 Å². The highest BCUT2D eigenvalue weighted by atomic mass is 16.5. The van der Waals surface area contributed by atoms with Gasteiger partial charge in [0.1, 0.15) is 5.54 Å². The first-order chi connectivity index (χ1) is 10.1. The molecule has 21 heavy (non-hydrogen) atoms. The maximum Gasteiger partial charge on any atom is 0.326 e. The molecule has 0 amide bonds. The molecule has 1 aliphatic carbocycles. The maximum absolute atomic E-state index is 12.5. The van der Waals surface area contributed by atoms with Gasteiger partial charge in [-0.15, -0.1) is 0 Å². The topological polar surface area (TPSA) is 50.8 Å². The molecule has 0 aromatic carbocycles. The van der Waals surface area contributed by atoms with Crippen molar-refractivity contribution in [2.24, 2.45) is 0 Å². The van der Waals surface area contributed by atoms with Crippen LogP contribution >= 0.6 is 0 Å². The van der Waals surface area contributed by atoms with Crippen molar-refractivity contribution in [3.05, 3.63) is 0 Å². The van der Waals surface area contributed by atoms with Crippen LogP contribution in [0.25, 0.3) is 0 Å². The van der Waals surface area contributed by atoms with Gasteiger partial charge in [0, 0.05) is 19.1 Å². The summed E-state index contributed by atoms with van der Waals surface area (Å²) in [6.07, 6.45) is 4.26. The maximum atomic E-state index is 12.5. The Balaban J connectivity index is 2.06. The Bertz CT molecular complexity index is 346. The van der Waals surface area contributed by atoms with Crippen molar-refractivity contribution in [1.82, 2.24) is 10.2 Å². The number of ether oxygens (including phenoxy) is 2. The lowest BCUT2D eigenvalue weighted by Gasteiger charge is -2.45. The number of likely N-dealkylation sites (N-methyl/N-ethyl adjacent to an activating group) is 1. The Labute approximate surface area is 128 Å². The number of rotatable bonds is 5. The Hall–Kier alpha value is -0.650. The standard InChI is InChI=1S/C16H30N2O3/c1-4-17-16(15(19)20-5-2)8-6-7-14(11-16)18-9-10-21-13(3)12-18/h13-14,17H,4-12H2,1-3H3. The number of esters is 1. The van der Waals surface area contributed by atoms with Gasteiger partial charge in [-0.25, -0.2) is 0 Å². The number of carbonyl (C=O) groups is 1. The average Bonchev–Trinajstić information content (AvgIpc) is 2.48. The molecular weight excluding hydrogens is 268 g/mol. The second-order valence-electron chi connectivity index (χ2n) is 6.26. The minimum atomic E-state index is -0.491. The molecular formula is C16H30N2O3. The van der Waals surface area contributed by atoms with E-state index in [0.717, 1.165) is 45.5 Å². The zero-order valence-electron chi connectivity index (χ0n) is 13.7. The molecule has 2 aliphatic rings. The molecule has 5 nitrogen and oxygen atoms in total. The van der Waals surface area contributed by atoms with Crippen LogP contribution in [-0.4, -0.2) is 61.4 Å². The van der Waals surface area contributed by atoms with Gasteiger partial charge in [-0.05, 0) is 46.1 Å². The van der Waals surface area contributed by atoms with Gasteiger partial charge in [-0.3, -0.25) is 9.69 Å². The summed E-state index contributed by atoms with van der Waals surface area (Å²) in [4.78, 5) is 15.0. The molecule has 3 unspecified atom stereocenters. The predicted molar refractivity (Wildman–Crippen MR) is 82.3 cm³/mol. The van der Waals surface area contributed by atoms with E-state index in [0.29, 0.717) is 12.6 Å². The van der Waals surface area contributed by atoms with Crippen molar-refractivity contribution in [2.75, 3.05) is 32.8 Å². The molecule has 122 valence electrons. The Morgan fingerprint density at radius 1 is 1.48 bits per heavy atom. The van der Waals surface area contributed by atoms with Crippen molar-refractivity contribution < 1.29 is 14.3 Å². The Morgan fingerprint density at radius 3 is 2.95 bits per heavy atom. The highest BCUT2D eigenvalue weighted by molar-refractivity contribution is 5.81. The van der Waals surface area contributed by atoms with Crippen LogP contribution in [-0.2, 0) is 14.3 Å². The molecule has 3 atom stereocenters. The van der Waals surface area contributed by atoms with Gasteiger partial charge in [0.25, 0.3) is 0 Å². The summed E-state index contributed by atoms with van der Waals surface area (Å²) in [5, 5.41) is 3.43. The summed E-state index contributed by atoms with van der Waals surface area (Å²) in [6, 6.07) is 0.452. The summed E-state index contributed by atoms with van der Waals surface area (Å²) in [7, 11) is 0. The summed E-state index contributed by atoms with van der Waals surface area (Å²) < 4.78 is 11.0. The van der Waals surface area contributed by atoms with Gasteiger partial charge in [0.2, 0.25) is 0 Å². The van der Waals surface area contributed by atoms with E-state index in [9.17, 15) is 4.79 Å². The van der Waals surface area contributed by atoms with Gasteiger partial charge in [-0.1, -0.05) is 6.92 Å². The second kappa shape index (κ2) is 7.56. The van der Waals surface area contributed by atoms with Crippen LogP contribution in [0.4, 0.5) is 0 Å². The third kappa shape index (κ3) is 3.96. The van der Waals surface area contributed by atoms with E-state index in [2.05, 4.69) is 24.1 Å². The molecule has 0 aromatic rings. The van der Waals surface area contributed by atoms with Gasteiger partial charge >= 0.3 is 5.97 Å². The zero-order valence-corrected chi connectivity index (χ0v) is 13.7. The van der Waals surface area contributed by atoms with Crippen molar-refractivity contribution in [3.63, 3.8) is 0 Å². The van der Waals surface area contributed by atoms with Gasteiger partial charge < -0.3 is 14.8 Å². The molecule has 1 saturated carbocycles. The fourth-order valence-corrected chi connectivity index (χ4v) is 3.76. The van der Waals surface area contributed by atoms with E-state index in [1.165, 1.54) is 6.42 Å². The number of nitrogens with zero attached hydrogens (tertiary/aromatic N) is 1. The third-order valence-electron chi connectivity index (χ3n) is 4.70. The minimum absolute atomic E-state index is 0.0714. The van der Waals surface area contributed by atoms with Crippen LogP contribution in [0.1, 0.15) is 46.5 Å². The number of hydrogen-bond acceptors (Lipinski definition) is 5. The van der Waals surface area contributed by atoms with E-state index in [4.69, 9.17) is 9.47 Å². The lowest BCUT2D eigenvalue weighted by atomic mass is 9.78. The summed E-state index contributed by atoms with van der Waals surface area (Å²) in [5.74, 6) is -0.0714. The van der Waals surface area contributed by atoms with Gasteiger partial charge in [-0.2, -0.15) is 0 Å². The van der Waals surface area contributed by atoms with Crippen LogP contribution in [0.15, 0.2) is 0 Å². The quantitative estimate of drug-likeness (QED) is 0.781. The second-order valence-corrected chi connectivity index (χ2v) is 6.26. The number of nitrogens with one attached hydrogen (secondary N) is 1. The molecule has 5 heteroatoms. The zero-order chi connectivity index (χ0) is 15.3. The molecule has 1 heterocycles. The first kappa shape index (κ1) is 16.7. The number of hydrogen-bond donors (Lipinski definition) is 1. The van der Waals surface area contributed by atoms with Crippen LogP contribution in [0.3, 0.4) is 0 Å². The molecule has 0 aromatic heterocycles. The normalized spacial score (nSPS) is 34.6. The number of morpholine rings is 1. The Kier molecular flexibility index (Phi) is 6.02. The lowest BCUT2D eigenvalue weighted by molar-refractivity contribution is -0.154. The molecule has 0 spiro atoms. The van der Waals surface area contributed by atoms with Crippen LogP contribution in [0, 0.1) is 0 Å². The first-order valence-electron chi connectivity index (χ1n) is 8.39. The van der Waals surface area contributed by atoms with Crippen molar-refractivity contribution in [1.29, 1.82) is 0 Å². The number of carbonyl (C=O) groups excluding carboxylic acids is 1. The molecule has 1 saturated heterocycles. The van der Waals surface area contributed by atoms with Crippen molar-refractivity contribution in [3.8, 4) is 0 Å². The minimum Gasteiger partial charge on any atom is -0.465 e. The largest absolute Gasteiger partial charge is 0.465 e. The third-order valence-corrected chi connectivity index (χ3v) is 4.70. The van der Waals surface area contributed by atoms with E-state index in [1.807, 2.05) is 6.92 Å². The van der Waals surface area contributed by atoms with Crippen LogP contribution < -0.4 is 5.32 Å². The van der Waals surface area contributed by atoms with E-state index in [-0.39, 0.29) is 12.1 Å². The highest BCUT2D eigenvalue weighted by Gasteiger charge is 2.45. The fourth-order valence-electron chi connectivity index (χ4n) is 3.76.